The third-order valence-corrected chi connectivity index (χ3v) is 3.09. The maximum atomic E-state index is 14.2. The number of hydrogen-bond donors (Lipinski definition) is 0. The highest BCUT2D eigenvalue weighted by molar-refractivity contribution is 5.83. The Hall–Kier alpha value is -3.02. The molecule has 0 amide bonds. The van der Waals surface area contributed by atoms with Crippen molar-refractivity contribution in [3.05, 3.63) is 72.6 Å². The van der Waals surface area contributed by atoms with Crippen LogP contribution >= 0.6 is 0 Å². The van der Waals surface area contributed by atoms with E-state index in [0.29, 0.717) is 11.1 Å². The van der Waals surface area contributed by atoms with Gasteiger partial charge in [0.25, 0.3) is 0 Å². The van der Waals surface area contributed by atoms with Crippen molar-refractivity contribution in [2.45, 2.75) is 20.3 Å². The van der Waals surface area contributed by atoms with Crippen molar-refractivity contribution in [1.29, 1.82) is 0 Å². The lowest BCUT2D eigenvalue weighted by atomic mass is 10.1. The van der Waals surface area contributed by atoms with Crippen LogP contribution in [-0.4, -0.2) is 11.9 Å². The van der Waals surface area contributed by atoms with E-state index in [1.165, 1.54) is 12.1 Å². The summed E-state index contributed by atoms with van der Waals surface area (Å²) in [6, 6.07) is 3.82. The summed E-state index contributed by atoms with van der Waals surface area (Å²) in [5, 5.41) is 0. The molecule has 0 unspecified atom stereocenters. The fourth-order valence-corrected chi connectivity index (χ4v) is 1.79. The summed E-state index contributed by atoms with van der Waals surface area (Å²) in [5.74, 6) is -3.49. The summed E-state index contributed by atoms with van der Waals surface area (Å²) in [7, 11) is 0. The summed E-state index contributed by atoms with van der Waals surface area (Å²) < 4.78 is 37.7. The molecule has 0 aliphatic carbocycles. The minimum atomic E-state index is -0.787. The van der Waals surface area contributed by atoms with Crippen LogP contribution in [-0.2, 0) is 14.3 Å². The highest BCUT2D eigenvalue weighted by atomic mass is 19.1. The molecule has 0 aliphatic rings. The molecule has 0 bridgehead atoms. The van der Waals surface area contributed by atoms with Gasteiger partial charge in [0.15, 0.2) is 17.4 Å². The lowest BCUT2D eigenvalue weighted by Gasteiger charge is -2.08. The molecule has 6 heteroatoms. The van der Waals surface area contributed by atoms with E-state index in [2.05, 4.69) is 13.2 Å². The molecule has 4 nitrogen and oxygen atoms in total. The van der Waals surface area contributed by atoms with E-state index in [0.717, 1.165) is 24.3 Å². The van der Waals surface area contributed by atoms with E-state index < -0.39 is 23.6 Å². The van der Waals surface area contributed by atoms with E-state index in [-0.39, 0.29) is 17.9 Å². The number of ether oxygens (including phenoxy) is 2. The molecular formula is C19H18F2O4. The molecule has 0 aliphatic heterocycles. The standard InChI is InChI=1S/C19H18F2O4/c1-5-16(24-18(22)6-2)14(20)10-12(4)13-8-9-17(15(21)11-13)25-19(23)7-3/h6-11H,2-3,5H2,1,4H3/b12-10+,16-14-. The predicted molar refractivity (Wildman–Crippen MR) is 90.6 cm³/mol. The zero-order valence-electron chi connectivity index (χ0n) is 14.0. The fraction of sp³-hybridized carbons (Fsp3) is 0.158. The Morgan fingerprint density at radius 2 is 1.84 bits per heavy atom. The summed E-state index contributed by atoms with van der Waals surface area (Å²) in [5.41, 5.74) is 0.759. The number of halogens is 2. The van der Waals surface area contributed by atoms with E-state index in [1.807, 2.05) is 0 Å². The number of allylic oxidation sites excluding steroid dienone is 4. The van der Waals surface area contributed by atoms with Crippen LogP contribution in [0.5, 0.6) is 5.75 Å². The van der Waals surface area contributed by atoms with Crippen LogP contribution in [0.25, 0.3) is 5.57 Å². The van der Waals surface area contributed by atoms with Crippen molar-refractivity contribution < 1.29 is 27.8 Å². The average molecular weight is 348 g/mol. The molecule has 0 saturated carbocycles. The number of rotatable bonds is 7. The van der Waals surface area contributed by atoms with Gasteiger partial charge in [0, 0.05) is 18.6 Å². The molecule has 0 atom stereocenters. The Morgan fingerprint density at radius 3 is 2.36 bits per heavy atom. The molecule has 0 aromatic heterocycles. The van der Waals surface area contributed by atoms with Crippen molar-refractivity contribution in [3.63, 3.8) is 0 Å². The molecular weight excluding hydrogens is 330 g/mol. The molecule has 25 heavy (non-hydrogen) atoms. The van der Waals surface area contributed by atoms with Crippen LogP contribution in [0.1, 0.15) is 25.8 Å². The minimum Gasteiger partial charge on any atom is -0.425 e. The van der Waals surface area contributed by atoms with Crippen LogP contribution in [0, 0.1) is 5.82 Å². The van der Waals surface area contributed by atoms with Gasteiger partial charge < -0.3 is 9.47 Å². The molecule has 0 radical (unpaired) electrons. The number of esters is 2. The van der Waals surface area contributed by atoms with E-state index >= 15 is 0 Å². The van der Waals surface area contributed by atoms with E-state index in [4.69, 9.17) is 9.47 Å². The van der Waals surface area contributed by atoms with Gasteiger partial charge in [-0.05, 0) is 36.3 Å². The van der Waals surface area contributed by atoms with Gasteiger partial charge in [-0.25, -0.2) is 18.4 Å². The van der Waals surface area contributed by atoms with Gasteiger partial charge in [-0.2, -0.15) is 0 Å². The molecule has 0 fully saturated rings. The second-order valence-corrected chi connectivity index (χ2v) is 4.85. The number of carbonyl (C=O) groups is 2. The molecule has 0 heterocycles. The lowest BCUT2D eigenvalue weighted by Crippen LogP contribution is -2.04. The van der Waals surface area contributed by atoms with Crippen molar-refractivity contribution in [3.8, 4) is 5.75 Å². The second kappa shape index (κ2) is 9.32. The predicted octanol–water partition coefficient (Wildman–Crippen LogP) is 4.64. The molecule has 0 saturated heterocycles. The molecule has 132 valence electrons. The summed E-state index contributed by atoms with van der Waals surface area (Å²) in [4.78, 5) is 22.3. The minimum absolute atomic E-state index is 0.152. The van der Waals surface area contributed by atoms with Gasteiger partial charge in [0.2, 0.25) is 0 Å². The normalized spacial score (nSPS) is 12.1. The third-order valence-electron chi connectivity index (χ3n) is 3.09. The Balaban J connectivity index is 3.10. The van der Waals surface area contributed by atoms with Gasteiger partial charge in [0.1, 0.15) is 5.76 Å². The molecule has 0 N–H and O–H groups in total. The highest BCUT2D eigenvalue weighted by Crippen LogP contribution is 2.25. The lowest BCUT2D eigenvalue weighted by molar-refractivity contribution is -0.134. The van der Waals surface area contributed by atoms with Crippen molar-refractivity contribution in [2.24, 2.45) is 0 Å². The largest absolute Gasteiger partial charge is 0.425 e. The van der Waals surface area contributed by atoms with Crippen molar-refractivity contribution >= 4 is 17.5 Å². The maximum absolute atomic E-state index is 14.2. The summed E-state index contributed by atoms with van der Waals surface area (Å²) in [6.45, 7) is 9.65. The van der Waals surface area contributed by atoms with Crippen molar-refractivity contribution in [1.82, 2.24) is 0 Å². The molecule has 1 aromatic rings. The van der Waals surface area contributed by atoms with Gasteiger partial charge in [-0.3, -0.25) is 0 Å². The van der Waals surface area contributed by atoms with Gasteiger partial charge in [-0.15, -0.1) is 0 Å². The van der Waals surface area contributed by atoms with E-state index in [1.54, 1.807) is 13.8 Å². The van der Waals surface area contributed by atoms with Crippen molar-refractivity contribution in [2.75, 3.05) is 0 Å². The van der Waals surface area contributed by atoms with Crippen LogP contribution in [0.4, 0.5) is 8.78 Å². The zero-order valence-corrected chi connectivity index (χ0v) is 14.0. The van der Waals surface area contributed by atoms with Gasteiger partial charge >= 0.3 is 11.9 Å². The molecule has 1 rings (SSSR count). The first kappa shape index (κ1) is 20.0. The molecule has 1 aromatic carbocycles. The SMILES string of the molecule is C=CC(=O)O/C(CC)=C(F)/C=C(\C)c1ccc(OC(=O)C=C)c(F)c1. The quantitative estimate of drug-likeness (QED) is 0.237. The number of benzene rings is 1. The fourth-order valence-electron chi connectivity index (χ4n) is 1.79. The smallest absolute Gasteiger partial charge is 0.335 e. The first-order valence-electron chi connectivity index (χ1n) is 7.37. The Labute approximate surface area is 144 Å². The second-order valence-electron chi connectivity index (χ2n) is 4.85. The first-order valence-corrected chi connectivity index (χ1v) is 7.37. The van der Waals surface area contributed by atoms with Crippen LogP contribution < -0.4 is 4.74 Å². The summed E-state index contributed by atoms with van der Waals surface area (Å²) >= 11 is 0. The first-order chi connectivity index (χ1) is 11.8. The van der Waals surface area contributed by atoms with Crippen LogP contribution in [0.3, 0.4) is 0 Å². The van der Waals surface area contributed by atoms with Crippen LogP contribution in [0.15, 0.2) is 61.2 Å². The highest BCUT2D eigenvalue weighted by Gasteiger charge is 2.11. The van der Waals surface area contributed by atoms with Gasteiger partial charge in [-0.1, -0.05) is 26.1 Å². The number of hydrogen-bond acceptors (Lipinski definition) is 4. The molecule has 0 spiro atoms. The Morgan fingerprint density at radius 1 is 1.20 bits per heavy atom. The average Bonchev–Trinajstić information content (AvgIpc) is 2.60. The summed E-state index contributed by atoms with van der Waals surface area (Å²) in [6.07, 6.45) is 3.12. The monoisotopic (exact) mass is 348 g/mol. The zero-order chi connectivity index (χ0) is 19.0. The van der Waals surface area contributed by atoms with Gasteiger partial charge in [0.05, 0.1) is 0 Å². The Kier molecular flexibility index (Phi) is 7.46. The number of carbonyl (C=O) groups excluding carboxylic acids is 2. The Bertz CT molecular complexity index is 761. The van der Waals surface area contributed by atoms with E-state index in [9.17, 15) is 18.4 Å². The topological polar surface area (TPSA) is 52.6 Å². The maximum Gasteiger partial charge on any atom is 0.335 e. The third kappa shape index (κ3) is 5.84. The van der Waals surface area contributed by atoms with Crippen LogP contribution in [0.2, 0.25) is 0 Å².